The van der Waals surface area contributed by atoms with Crippen LogP contribution in [0.3, 0.4) is 0 Å². The van der Waals surface area contributed by atoms with E-state index in [1.807, 2.05) is 0 Å². The van der Waals surface area contributed by atoms with Crippen molar-refractivity contribution in [3.8, 4) is 0 Å². The van der Waals surface area contributed by atoms with Crippen molar-refractivity contribution in [2.24, 2.45) is 5.41 Å². The standard InChI is InChI=1S/C7H12O3/c1-4-7(2,5-8)6(9)10-3/h5H,4H2,1-3H3. The Bertz CT molecular complexity index is 142. The van der Waals surface area contributed by atoms with Gasteiger partial charge in [0.15, 0.2) is 0 Å². The summed E-state index contributed by atoms with van der Waals surface area (Å²) in [5.41, 5.74) is -0.950. The molecule has 0 amide bonds. The van der Waals surface area contributed by atoms with Crippen LogP contribution in [0.4, 0.5) is 0 Å². The van der Waals surface area contributed by atoms with Gasteiger partial charge >= 0.3 is 5.97 Å². The lowest BCUT2D eigenvalue weighted by Gasteiger charge is -2.16. The third-order valence-electron chi connectivity index (χ3n) is 1.65. The maximum Gasteiger partial charge on any atom is 0.318 e. The van der Waals surface area contributed by atoms with Gasteiger partial charge in [0.1, 0.15) is 11.7 Å². The quantitative estimate of drug-likeness (QED) is 0.334. The Morgan fingerprint density at radius 2 is 2.20 bits per heavy atom. The Kier molecular flexibility index (Phi) is 3.06. The summed E-state index contributed by atoms with van der Waals surface area (Å²) in [4.78, 5) is 21.2. The Labute approximate surface area is 60.4 Å². The molecule has 1 unspecified atom stereocenters. The molecule has 0 aliphatic rings. The van der Waals surface area contributed by atoms with E-state index in [-0.39, 0.29) is 0 Å². The maximum atomic E-state index is 10.8. The van der Waals surface area contributed by atoms with Gasteiger partial charge in [0, 0.05) is 0 Å². The first-order chi connectivity index (χ1) is 4.60. The van der Waals surface area contributed by atoms with Crippen molar-refractivity contribution in [2.45, 2.75) is 20.3 Å². The highest BCUT2D eigenvalue weighted by molar-refractivity contribution is 5.92. The van der Waals surface area contributed by atoms with Gasteiger partial charge in [-0.1, -0.05) is 6.92 Å². The molecule has 0 aromatic carbocycles. The van der Waals surface area contributed by atoms with Crippen molar-refractivity contribution in [3.63, 3.8) is 0 Å². The summed E-state index contributed by atoms with van der Waals surface area (Å²) in [7, 11) is 1.28. The molecule has 0 fully saturated rings. The summed E-state index contributed by atoms with van der Waals surface area (Å²) < 4.78 is 4.43. The minimum Gasteiger partial charge on any atom is -0.468 e. The molecule has 0 aliphatic carbocycles. The molecule has 0 saturated heterocycles. The molecule has 10 heavy (non-hydrogen) atoms. The number of methoxy groups -OCH3 is 1. The Hall–Kier alpha value is -0.860. The topological polar surface area (TPSA) is 43.4 Å². The van der Waals surface area contributed by atoms with Crippen LogP contribution in [0.5, 0.6) is 0 Å². The van der Waals surface area contributed by atoms with E-state index < -0.39 is 11.4 Å². The highest BCUT2D eigenvalue weighted by atomic mass is 16.5. The predicted molar refractivity (Wildman–Crippen MR) is 36.5 cm³/mol. The largest absolute Gasteiger partial charge is 0.468 e. The Morgan fingerprint density at radius 1 is 1.70 bits per heavy atom. The SMILES string of the molecule is CCC(C)(C=O)C(=O)OC. The average molecular weight is 144 g/mol. The summed E-state index contributed by atoms with van der Waals surface area (Å²) in [6, 6.07) is 0. The lowest BCUT2D eigenvalue weighted by atomic mass is 9.90. The zero-order valence-corrected chi connectivity index (χ0v) is 6.51. The third kappa shape index (κ3) is 1.56. The second kappa shape index (κ2) is 3.34. The van der Waals surface area contributed by atoms with Crippen LogP contribution in [0.15, 0.2) is 0 Å². The number of esters is 1. The first-order valence-corrected chi connectivity index (χ1v) is 3.15. The van der Waals surface area contributed by atoms with E-state index in [1.165, 1.54) is 7.11 Å². The van der Waals surface area contributed by atoms with Gasteiger partial charge < -0.3 is 9.53 Å². The summed E-state index contributed by atoms with van der Waals surface area (Å²) >= 11 is 0. The second-order valence-corrected chi connectivity index (χ2v) is 2.38. The number of hydrogen-bond donors (Lipinski definition) is 0. The average Bonchev–Trinajstić information content (AvgIpc) is 2.01. The summed E-state index contributed by atoms with van der Waals surface area (Å²) in [5.74, 6) is -0.468. The van der Waals surface area contributed by atoms with Crippen LogP contribution < -0.4 is 0 Å². The fourth-order valence-corrected chi connectivity index (χ4v) is 0.509. The van der Waals surface area contributed by atoms with Gasteiger partial charge in [-0.3, -0.25) is 4.79 Å². The molecule has 0 aromatic heterocycles. The zero-order chi connectivity index (χ0) is 8.20. The monoisotopic (exact) mass is 144 g/mol. The number of carbonyl (C=O) groups is 2. The first kappa shape index (κ1) is 9.14. The predicted octanol–water partition coefficient (Wildman–Crippen LogP) is 0.775. The number of carbonyl (C=O) groups excluding carboxylic acids is 2. The number of aldehydes is 1. The summed E-state index contributed by atoms with van der Waals surface area (Å²) in [5, 5.41) is 0. The third-order valence-corrected chi connectivity index (χ3v) is 1.65. The van der Waals surface area contributed by atoms with Crippen LogP contribution in [0.1, 0.15) is 20.3 Å². The van der Waals surface area contributed by atoms with Gasteiger partial charge in [0.2, 0.25) is 0 Å². The van der Waals surface area contributed by atoms with Crippen molar-refractivity contribution in [3.05, 3.63) is 0 Å². The minimum absolute atomic E-state index is 0.468. The number of ether oxygens (including phenoxy) is 1. The van der Waals surface area contributed by atoms with Crippen LogP contribution in [-0.2, 0) is 14.3 Å². The van der Waals surface area contributed by atoms with Gasteiger partial charge in [-0.25, -0.2) is 0 Å². The van der Waals surface area contributed by atoms with Crippen molar-refractivity contribution >= 4 is 12.3 Å². The maximum absolute atomic E-state index is 10.8. The van der Waals surface area contributed by atoms with Crippen molar-refractivity contribution in [2.75, 3.05) is 7.11 Å². The van der Waals surface area contributed by atoms with E-state index in [1.54, 1.807) is 13.8 Å². The van der Waals surface area contributed by atoms with E-state index in [2.05, 4.69) is 4.74 Å². The van der Waals surface area contributed by atoms with Gasteiger partial charge in [0.25, 0.3) is 0 Å². The fourth-order valence-electron chi connectivity index (χ4n) is 0.509. The molecule has 0 saturated carbocycles. The number of hydrogen-bond acceptors (Lipinski definition) is 3. The molecular weight excluding hydrogens is 132 g/mol. The zero-order valence-electron chi connectivity index (χ0n) is 6.51. The van der Waals surface area contributed by atoms with Crippen LogP contribution >= 0.6 is 0 Å². The Balaban J connectivity index is 4.31. The molecule has 0 radical (unpaired) electrons. The lowest BCUT2D eigenvalue weighted by molar-refractivity contribution is -0.153. The van der Waals surface area contributed by atoms with Crippen molar-refractivity contribution < 1.29 is 14.3 Å². The normalized spacial score (nSPS) is 15.5. The van der Waals surface area contributed by atoms with Gasteiger partial charge in [0.05, 0.1) is 7.11 Å². The van der Waals surface area contributed by atoms with Crippen LogP contribution in [-0.4, -0.2) is 19.4 Å². The molecule has 1 atom stereocenters. The fraction of sp³-hybridized carbons (Fsp3) is 0.714. The van der Waals surface area contributed by atoms with E-state index in [9.17, 15) is 9.59 Å². The minimum atomic E-state index is -0.950. The van der Waals surface area contributed by atoms with Crippen LogP contribution in [0, 0.1) is 5.41 Å². The molecule has 0 bridgehead atoms. The molecule has 0 spiro atoms. The molecule has 3 heteroatoms. The molecule has 58 valence electrons. The molecule has 3 nitrogen and oxygen atoms in total. The van der Waals surface area contributed by atoms with Gasteiger partial charge in [-0.2, -0.15) is 0 Å². The molecule has 0 aromatic rings. The molecule has 0 rings (SSSR count). The summed E-state index contributed by atoms with van der Waals surface area (Å²) in [6.07, 6.45) is 1.10. The van der Waals surface area contributed by atoms with Crippen LogP contribution in [0.2, 0.25) is 0 Å². The lowest BCUT2D eigenvalue weighted by Crippen LogP contribution is -2.29. The molecule has 0 N–H and O–H groups in total. The Morgan fingerprint density at radius 3 is 2.30 bits per heavy atom. The van der Waals surface area contributed by atoms with Gasteiger partial charge in [-0.05, 0) is 13.3 Å². The van der Waals surface area contributed by atoms with Crippen molar-refractivity contribution in [1.82, 2.24) is 0 Å². The molecule has 0 heterocycles. The van der Waals surface area contributed by atoms with Gasteiger partial charge in [-0.15, -0.1) is 0 Å². The van der Waals surface area contributed by atoms with Crippen molar-refractivity contribution in [1.29, 1.82) is 0 Å². The highest BCUT2D eigenvalue weighted by Crippen LogP contribution is 2.18. The van der Waals surface area contributed by atoms with Crippen LogP contribution in [0.25, 0.3) is 0 Å². The number of rotatable bonds is 3. The molecule has 0 aliphatic heterocycles. The second-order valence-electron chi connectivity index (χ2n) is 2.38. The van der Waals surface area contributed by atoms with E-state index in [4.69, 9.17) is 0 Å². The summed E-state index contributed by atoms with van der Waals surface area (Å²) in [6.45, 7) is 3.33. The smallest absolute Gasteiger partial charge is 0.318 e. The van der Waals surface area contributed by atoms with E-state index in [0.29, 0.717) is 12.7 Å². The highest BCUT2D eigenvalue weighted by Gasteiger charge is 2.31. The first-order valence-electron chi connectivity index (χ1n) is 3.15. The van der Waals surface area contributed by atoms with E-state index >= 15 is 0 Å². The molecular formula is C7H12O3. The van der Waals surface area contributed by atoms with E-state index in [0.717, 1.165) is 0 Å².